The Morgan fingerprint density at radius 2 is 2.20 bits per heavy atom. The first kappa shape index (κ1) is 14.9. The molecule has 6 nitrogen and oxygen atoms in total. The normalized spacial score (nSPS) is 14.8. The highest BCUT2D eigenvalue weighted by Crippen LogP contribution is 2.19. The van der Waals surface area contributed by atoms with Crippen molar-refractivity contribution in [3.8, 4) is 0 Å². The van der Waals surface area contributed by atoms with Gasteiger partial charge >= 0.3 is 0 Å². The Morgan fingerprint density at radius 3 is 2.85 bits per heavy atom. The average Bonchev–Trinajstić information content (AvgIpc) is 2.36. The molecule has 1 aliphatic heterocycles. The highest BCUT2D eigenvalue weighted by molar-refractivity contribution is 9.10. The van der Waals surface area contributed by atoms with E-state index in [1.54, 1.807) is 4.90 Å². The Balaban J connectivity index is 1.91. The van der Waals surface area contributed by atoms with Gasteiger partial charge in [0.2, 0.25) is 5.91 Å². The Labute approximate surface area is 125 Å². The number of aromatic nitrogens is 1. The van der Waals surface area contributed by atoms with Crippen molar-refractivity contribution in [1.29, 1.82) is 0 Å². The summed E-state index contributed by atoms with van der Waals surface area (Å²) in [5.74, 6) is -0.294. The van der Waals surface area contributed by atoms with Crippen molar-refractivity contribution < 1.29 is 14.3 Å². The Kier molecular flexibility index (Phi) is 4.72. The molecule has 2 rings (SSSR count). The molecule has 1 aromatic rings. The topological polar surface area (TPSA) is 71.5 Å². The van der Waals surface area contributed by atoms with Crippen LogP contribution in [0.3, 0.4) is 0 Å². The summed E-state index contributed by atoms with van der Waals surface area (Å²) in [5.41, 5.74) is 1.20. The molecule has 1 saturated heterocycles. The molecule has 0 radical (unpaired) electrons. The molecule has 0 spiro atoms. The Hall–Kier alpha value is -1.47. The zero-order valence-electron chi connectivity index (χ0n) is 11.4. The van der Waals surface area contributed by atoms with Crippen LogP contribution in [0.5, 0.6) is 0 Å². The number of hydrogen-bond donors (Lipinski definition) is 1. The van der Waals surface area contributed by atoms with Gasteiger partial charge in [0, 0.05) is 30.4 Å². The van der Waals surface area contributed by atoms with Crippen LogP contribution in [0.2, 0.25) is 0 Å². The maximum Gasteiger partial charge on any atom is 0.273 e. The van der Waals surface area contributed by atoms with Crippen LogP contribution in [-0.4, -0.2) is 54.5 Å². The summed E-state index contributed by atoms with van der Waals surface area (Å²) in [4.78, 5) is 29.5. The largest absolute Gasteiger partial charge is 0.375 e. The fourth-order valence-electron chi connectivity index (χ4n) is 1.98. The Morgan fingerprint density at radius 1 is 1.50 bits per heavy atom. The van der Waals surface area contributed by atoms with Crippen LogP contribution in [0.15, 0.2) is 16.6 Å². The maximum atomic E-state index is 12.3. The number of carbonyl (C=O) groups is 2. The predicted octanol–water partition coefficient (Wildman–Crippen LogP) is 0.740. The fourth-order valence-corrected chi connectivity index (χ4v) is 2.37. The number of carbonyl (C=O) groups excluding carboxylic acids is 2. The number of ether oxygens (including phenoxy) is 1. The van der Waals surface area contributed by atoms with E-state index in [2.05, 4.69) is 26.2 Å². The SMILES string of the molecule is COCC(=O)NC1CN(C(=O)c2nc(C)ccc2Br)C1. The lowest BCUT2D eigenvalue weighted by atomic mass is 10.1. The molecule has 2 amide bonds. The van der Waals surface area contributed by atoms with Gasteiger partial charge in [0.15, 0.2) is 0 Å². The lowest BCUT2D eigenvalue weighted by Gasteiger charge is -2.39. The number of aryl methyl sites for hydroxylation is 1. The van der Waals surface area contributed by atoms with E-state index in [-0.39, 0.29) is 24.5 Å². The highest BCUT2D eigenvalue weighted by atomic mass is 79.9. The molecule has 20 heavy (non-hydrogen) atoms. The molecule has 0 bridgehead atoms. The van der Waals surface area contributed by atoms with Gasteiger partial charge in [-0.3, -0.25) is 9.59 Å². The van der Waals surface area contributed by atoms with E-state index in [0.29, 0.717) is 23.3 Å². The molecule has 1 aromatic heterocycles. The van der Waals surface area contributed by atoms with E-state index >= 15 is 0 Å². The number of nitrogens with zero attached hydrogens (tertiary/aromatic N) is 2. The van der Waals surface area contributed by atoms with Crippen molar-refractivity contribution in [3.63, 3.8) is 0 Å². The van der Waals surface area contributed by atoms with Gasteiger partial charge < -0.3 is 15.0 Å². The van der Waals surface area contributed by atoms with Crippen LogP contribution in [0.4, 0.5) is 0 Å². The number of methoxy groups -OCH3 is 1. The molecule has 0 atom stereocenters. The van der Waals surface area contributed by atoms with Gasteiger partial charge in [-0.05, 0) is 35.0 Å². The van der Waals surface area contributed by atoms with Gasteiger partial charge in [0.25, 0.3) is 5.91 Å². The van der Waals surface area contributed by atoms with E-state index in [1.807, 2.05) is 19.1 Å². The monoisotopic (exact) mass is 341 g/mol. The molecule has 0 aromatic carbocycles. The highest BCUT2D eigenvalue weighted by Gasteiger charge is 2.33. The zero-order valence-corrected chi connectivity index (χ0v) is 12.9. The molecule has 1 aliphatic rings. The summed E-state index contributed by atoms with van der Waals surface area (Å²) >= 11 is 3.33. The third-order valence-electron chi connectivity index (χ3n) is 3.00. The Bertz CT molecular complexity index is 530. The predicted molar refractivity (Wildman–Crippen MR) is 76.4 cm³/mol. The number of hydrogen-bond acceptors (Lipinski definition) is 4. The van der Waals surface area contributed by atoms with Crippen LogP contribution in [0, 0.1) is 6.92 Å². The third kappa shape index (κ3) is 3.34. The minimum absolute atomic E-state index is 0.00909. The second-order valence-electron chi connectivity index (χ2n) is 4.69. The van der Waals surface area contributed by atoms with Crippen molar-refractivity contribution >= 4 is 27.7 Å². The molecule has 1 N–H and O–H groups in total. The zero-order chi connectivity index (χ0) is 14.7. The van der Waals surface area contributed by atoms with Gasteiger partial charge in [-0.2, -0.15) is 0 Å². The fraction of sp³-hybridized carbons (Fsp3) is 0.462. The maximum absolute atomic E-state index is 12.3. The standard InChI is InChI=1S/C13H16BrN3O3/c1-8-3-4-10(14)12(15-8)13(19)17-5-9(6-17)16-11(18)7-20-2/h3-4,9H,5-7H2,1-2H3,(H,16,18). The van der Waals surface area contributed by atoms with Crippen LogP contribution in [0.1, 0.15) is 16.2 Å². The second-order valence-corrected chi connectivity index (χ2v) is 5.54. The summed E-state index contributed by atoms with van der Waals surface area (Å²) < 4.78 is 5.42. The molecule has 7 heteroatoms. The first-order chi connectivity index (χ1) is 9.51. The molecule has 1 fully saturated rings. The van der Waals surface area contributed by atoms with Crippen molar-refractivity contribution in [3.05, 3.63) is 28.0 Å². The van der Waals surface area contributed by atoms with E-state index < -0.39 is 0 Å². The molecule has 0 aliphatic carbocycles. The summed E-state index contributed by atoms with van der Waals surface area (Å²) in [6.45, 7) is 2.87. The van der Waals surface area contributed by atoms with Gasteiger partial charge in [-0.15, -0.1) is 0 Å². The second kappa shape index (κ2) is 6.32. The van der Waals surface area contributed by atoms with E-state index in [9.17, 15) is 9.59 Å². The van der Waals surface area contributed by atoms with Crippen molar-refractivity contribution in [2.24, 2.45) is 0 Å². The molecular formula is C13H16BrN3O3. The summed E-state index contributed by atoms with van der Waals surface area (Å²) in [5, 5.41) is 2.79. The van der Waals surface area contributed by atoms with E-state index in [1.165, 1.54) is 7.11 Å². The lowest BCUT2D eigenvalue weighted by Crippen LogP contribution is -2.61. The van der Waals surface area contributed by atoms with Crippen LogP contribution in [-0.2, 0) is 9.53 Å². The van der Waals surface area contributed by atoms with Crippen molar-refractivity contribution in [2.45, 2.75) is 13.0 Å². The number of likely N-dealkylation sites (tertiary alicyclic amines) is 1. The van der Waals surface area contributed by atoms with Crippen LogP contribution in [0.25, 0.3) is 0 Å². The van der Waals surface area contributed by atoms with Crippen LogP contribution >= 0.6 is 15.9 Å². The van der Waals surface area contributed by atoms with E-state index in [0.717, 1.165) is 5.69 Å². The summed E-state index contributed by atoms with van der Waals surface area (Å²) in [6, 6.07) is 3.64. The number of pyridine rings is 1. The number of nitrogens with one attached hydrogen (secondary N) is 1. The number of rotatable bonds is 4. The smallest absolute Gasteiger partial charge is 0.273 e. The quantitative estimate of drug-likeness (QED) is 0.876. The molecule has 0 unspecified atom stereocenters. The summed E-state index contributed by atoms with van der Waals surface area (Å²) in [6.07, 6.45) is 0. The number of amides is 2. The van der Waals surface area contributed by atoms with Crippen molar-refractivity contribution in [2.75, 3.05) is 26.8 Å². The summed E-state index contributed by atoms with van der Waals surface area (Å²) in [7, 11) is 1.47. The van der Waals surface area contributed by atoms with Gasteiger partial charge in [-0.25, -0.2) is 4.98 Å². The number of halogens is 1. The third-order valence-corrected chi connectivity index (χ3v) is 3.64. The van der Waals surface area contributed by atoms with Gasteiger partial charge in [-0.1, -0.05) is 0 Å². The van der Waals surface area contributed by atoms with Crippen LogP contribution < -0.4 is 5.32 Å². The average molecular weight is 342 g/mol. The van der Waals surface area contributed by atoms with Crippen molar-refractivity contribution in [1.82, 2.24) is 15.2 Å². The lowest BCUT2D eigenvalue weighted by molar-refractivity contribution is -0.126. The first-order valence-electron chi connectivity index (χ1n) is 6.22. The van der Waals surface area contributed by atoms with Gasteiger partial charge in [0.05, 0.1) is 6.04 Å². The minimum atomic E-state index is -0.167. The molecule has 0 saturated carbocycles. The molecule has 2 heterocycles. The minimum Gasteiger partial charge on any atom is -0.375 e. The first-order valence-corrected chi connectivity index (χ1v) is 7.01. The van der Waals surface area contributed by atoms with Gasteiger partial charge in [0.1, 0.15) is 12.3 Å². The van der Waals surface area contributed by atoms with E-state index in [4.69, 9.17) is 4.74 Å². The molecular weight excluding hydrogens is 326 g/mol. The molecule has 108 valence electrons.